The summed E-state index contributed by atoms with van der Waals surface area (Å²) in [4.78, 5) is 57.4. The average molecular weight is 564 g/mol. The normalized spacial score (nSPS) is 10.6. The summed E-state index contributed by atoms with van der Waals surface area (Å²) in [6, 6.07) is 3.63. The van der Waals surface area contributed by atoms with E-state index < -0.39 is 50.6 Å². The van der Waals surface area contributed by atoms with E-state index in [2.05, 4.69) is 25.0 Å². The number of amides is 1. The first-order valence-corrected chi connectivity index (χ1v) is 11.3. The molecule has 2 aromatic carbocycles. The molecule has 0 saturated heterocycles. The molecule has 0 radical (unpaired) electrons. The third-order valence-electron chi connectivity index (χ3n) is 5.28. The van der Waals surface area contributed by atoms with Gasteiger partial charge in [0.25, 0.3) is 0 Å². The van der Waals surface area contributed by atoms with Crippen LogP contribution in [0.1, 0.15) is 19.8 Å². The molecule has 0 fully saturated rings. The summed E-state index contributed by atoms with van der Waals surface area (Å²) in [5, 5.41) is 32.5. The largest absolute Gasteiger partial charge is 0.494 e. The Morgan fingerprint density at radius 3 is 1.93 bits per heavy atom. The highest BCUT2D eigenvalue weighted by Crippen LogP contribution is 2.41. The lowest BCUT2D eigenvalue weighted by Gasteiger charge is -2.27. The predicted octanol–water partition coefficient (Wildman–Crippen LogP) is 3.96. The first-order valence-electron chi connectivity index (χ1n) is 11.3. The number of nitrogens with zero attached hydrogens (tertiary/aromatic N) is 5. The SMILES string of the molecule is COC(=O)CCN(CCC(=O)OC)c1cc(NC(C)=O)c(N=Nc2cc(F)c([N+](=O)[O-])cc2[N+](=O)[O-])cc1OC. The van der Waals surface area contributed by atoms with Gasteiger partial charge in [0, 0.05) is 32.1 Å². The molecular formula is C23H25FN6O10. The number of hydrogen-bond donors (Lipinski definition) is 1. The van der Waals surface area contributed by atoms with Gasteiger partial charge >= 0.3 is 23.3 Å². The summed E-state index contributed by atoms with van der Waals surface area (Å²) in [5.41, 5.74) is -2.33. The van der Waals surface area contributed by atoms with Crippen LogP contribution in [0.3, 0.4) is 0 Å². The van der Waals surface area contributed by atoms with Crippen molar-refractivity contribution in [3.63, 3.8) is 0 Å². The number of azo groups is 1. The van der Waals surface area contributed by atoms with E-state index in [0.29, 0.717) is 17.8 Å². The van der Waals surface area contributed by atoms with E-state index in [-0.39, 0.29) is 43.1 Å². The van der Waals surface area contributed by atoms with Gasteiger partial charge in [-0.15, -0.1) is 10.2 Å². The molecule has 0 aliphatic carbocycles. The molecule has 0 heterocycles. The number of rotatable bonds is 13. The molecule has 2 rings (SSSR count). The number of nitro groups is 2. The van der Waals surface area contributed by atoms with E-state index in [1.165, 1.54) is 40.4 Å². The molecule has 2 aromatic rings. The van der Waals surface area contributed by atoms with Crippen molar-refractivity contribution in [3.8, 4) is 5.75 Å². The summed E-state index contributed by atoms with van der Waals surface area (Å²) in [7, 11) is 3.75. The molecule has 1 amide bonds. The maximum Gasteiger partial charge on any atom is 0.311 e. The van der Waals surface area contributed by atoms with Crippen LogP contribution in [-0.2, 0) is 23.9 Å². The van der Waals surface area contributed by atoms with Crippen LogP contribution in [0.4, 0.5) is 38.5 Å². The fraction of sp³-hybridized carbons (Fsp3) is 0.348. The molecule has 40 heavy (non-hydrogen) atoms. The van der Waals surface area contributed by atoms with E-state index >= 15 is 0 Å². The number of hydrogen-bond acceptors (Lipinski definition) is 13. The van der Waals surface area contributed by atoms with E-state index in [4.69, 9.17) is 4.74 Å². The maximum atomic E-state index is 14.2. The lowest BCUT2D eigenvalue weighted by Crippen LogP contribution is -2.29. The van der Waals surface area contributed by atoms with Crippen molar-refractivity contribution in [1.29, 1.82) is 0 Å². The van der Waals surface area contributed by atoms with Gasteiger partial charge in [-0.25, -0.2) is 0 Å². The number of benzene rings is 2. The van der Waals surface area contributed by atoms with Crippen LogP contribution >= 0.6 is 0 Å². The van der Waals surface area contributed by atoms with Crippen LogP contribution in [0.2, 0.25) is 0 Å². The Labute approximate surface area is 226 Å². The lowest BCUT2D eigenvalue weighted by molar-refractivity contribution is -0.395. The van der Waals surface area contributed by atoms with Crippen LogP contribution in [0.15, 0.2) is 34.5 Å². The molecule has 0 aliphatic rings. The maximum absolute atomic E-state index is 14.2. The molecule has 214 valence electrons. The summed E-state index contributed by atoms with van der Waals surface area (Å²) in [6.07, 6.45) is -0.125. The quantitative estimate of drug-likeness (QED) is 0.159. The van der Waals surface area contributed by atoms with Gasteiger partial charge in [0.1, 0.15) is 11.4 Å². The zero-order valence-corrected chi connectivity index (χ0v) is 21.8. The topological polar surface area (TPSA) is 205 Å². The molecular weight excluding hydrogens is 539 g/mol. The van der Waals surface area contributed by atoms with Crippen LogP contribution in [-0.4, -0.2) is 62.1 Å². The Morgan fingerprint density at radius 2 is 1.45 bits per heavy atom. The second-order valence-electron chi connectivity index (χ2n) is 7.87. The predicted molar refractivity (Wildman–Crippen MR) is 137 cm³/mol. The molecule has 0 bridgehead atoms. The van der Waals surface area contributed by atoms with Crippen molar-refractivity contribution in [2.45, 2.75) is 19.8 Å². The summed E-state index contributed by atoms with van der Waals surface area (Å²) in [6.45, 7) is 1.36. The number of nitro benzene ring substituents is 2. The van der Waals surface area contributed by atoms with E-state index in [9.17, 15) is 39.0 Å². The lowest BCUT2D eigenvalue weighted by atomic mass is 10.1. The zero-order valence-electron chi connectivity index (χ0n) is 21.8. The number of esters is 2. The van der Waals surface area contributed by atoms with Gasteiger partial charge in [0.2, 0.25) is 11.7 Å². The van der Waals surface area contributed by atoms with Gasteiger partial charge < -0.3 is 24.4 Å². The van der Waals surface area contributed by atoms with Crippen molar-refractivity contribution in [1.82, 2.24) is 0 Å². The number of carbonyl (C=O) groups excluding carboxylic acids is 3. The molecule has 1 N–H and O–H groups in total. The summed E-state index contributed by atoms with van der Waals surface area (Å²) >= 11 is 0. The zero-order chi connectivity index (χ0) is 30.0. The van der Waals surface area contributed by atoms with Gasteiger partial charge in [-0.05, 0) is 6.07 Å². The van der Waals surface area contributed by atoms with Crippen LogP contribution in [0.25, 0.3) is 0 Å². The monoisotopic (exact) mass is 564 g/mol. The second kappa shape index (κ2) is 14.1. The van der Waals surface area contributed by atoms with Crippen LogP contribution in [0.5, 0.6) is 5.75 Å². The Kier molecular flexibility index (Phi) is 10.9. The highest BCUT2D eigenvalue weighted by atomic mass is 19.1. The number of halogens is 1. The number of nitrogens with one attached hydrogen (secondary N) is 1. The second-order valence-corrected chi connectivity index (χ2v) is 7.87. The van der Waals surface area contributed by atoms with E-state index in [0.717, 1.165) is 0 Å². The smallest absolute Gasteiger partial charge is 0.311 e. The minimum Gasteiger partial charge on any atom is -0.494 e. The Bertz CT molecular complexity index is 1330. The first-order chi connectivity index (χ1) is 18.9. The minimum atomic E-state index is -1.37. The molecule has 0 aliphatic heterocycles. The minimum absolute atomic E-state index is 0.0400. The molecule has 0 unspecified atom stereocenters. The third-order valence-corrected chi connectivity index (χ3v) is 5.28. The van der Waals surface area contributed by atoms with Crippen molar-refractivity contribution in [3.05, 3.63) is 50.3 Å². The highest BCUT2D eigenvalue weighted by molar-refractivity contribution is 5.94. The molecule has 0 aromatic heterocycles. The standard InChI is InChI=1S/C23H25FN6O10/c1-13(31)25-15-10-20(28(7-5-22(32)39-3)8-6-23(33)40-4)21(38-2)11-16(15)26-27-17-9-14(24)18(29(34)35)12-19(17)30(36)37/h9-12H,5-8H2,1-4H3,(H,25,31). The fourth-order valence-corrected chi connectivity index (χ4v) is 3.36. The number of carbonyl (C=O) groups is 3. The number of anilines is 2. The van der Waals surface area contributed by atoms with Gasteiger partial charge in [0.05, 0.1) is 61.5 Å². The molecule has 0 atom stereocenters. The Hall–Kier alpha value is -5.22. The number of methoxy groups -OCH3 is 3. The molecule has 16 nitrogen and oxygen atoms in total. The van der Waals surface area contributed by atoms with Crippen LogP contribution in [0, 0.1) is 26.0 Å². The van der Waals surface area contributed by atoms with Gasteiger partial charge in [-0.1, -0.05) is 0 Å². The third kappa shape index (κ3) is 8.14. The van der Waals surface area contributed by atoms with Gasteiger partial charge in [-0.2, -0.15) is 4.39 Å². The van der Waals surface area contributed by atoms with E-state index in [1.54, 1.807) is 4.90 Å². The first kappa shape index (κ1) is 31.0. The summed E-state index contributed by atoms with van der Waals surface area (Å²) < 4.78 is 29.0. The number of ether oxygens (including phenoxy) is 3. The van der Waals surface area contributed by atoms with E-state index in [1.807, 2.05) is 0 Å². The fourth-order valence-electron chi connectivity index (χ4n) is 3.36. The summed E-state index contributed by atoms with van der Waals surface area (Å²) in [5.74, 6) is -2.80. The molecule has 0 spiro atoms. The van der Waals surface area contributed by atoms with Crippen molar-refractivity contribution < 1.29 is 42.8 Å². The van der Waals surface area contributed by atoms with Crippen molar-refractivity contribution in [2.75, 3.05) is 44.6 Å². The Morgan fingerprint density at radius 1 is 0.900 bits per heavy atom. The molecule has 0 saturated carbocycles. The Balaban J connectivity index is 2.64. The van der Waals surface area contributed by atoms with Gasteiger partial charge in [0.15, 0.2) is 5.69 Å². The van der Waals surface area contributed by atoms with Crippen molar-refractivity contribution >= 4 is 52.0 Å². The van der Waals surface area contributed by atoms with Gasteiger partial charge in [-0.3, -0.25) is 34.6 Å². The van der Waals surface area contributed by atoms with Crippen molar-refractivity contribution in [2.24, 2.45) is 10.2 Å². The average Bonchev–Trinajstić information content (AvgIpc) is 2.90. The molecule has 17 heteroatoms. The highest BCUT2D eigenvalue weighted by Gasteiger charge is 2.25. The van der Waals surface area contributed by atoms with Crippen LogP contribution < -0.4 is 15.0 Å².